The number of para-hydroxylation sites is 1. The quantitative estimate of drug-likeness (QED) is 0.418. The van der Waals surface area contributed by atoms with Crippen LogP contribution in [0.1, 0.15) is 13.3 Å². The van der Waals surface area contributed by atoms with Crippen LogP contribution in [0.3, 0.4) is 0 Å². The molecule has 1 aromatic heterocycles. The first-order valence-corrected chi connectivity index (χ1v) is 10.6. The fourth-order valence-electron chi connectivity index (χ4n) is 3.80. The van der Waals surface area contributed by atoms with Gasteiger partial charge in [0.25, 0.3) is 0 Å². The van der Waals surface area contributed by atoms with Crippen molar-refractivity contribution in [3.05, 3.63) is 65.0 Å². The average Bonchev–Trinajstić information content (AvgIpc) is 2.78. The first-order chi connectivity index (χ1) is 14.7. The van der Waals surface area contributed by atoms with Crippen molar-refractivity contribution in [1.82, 2.24) is 4.90 Å². The van der Waals surface area contributed by atoms with E-state index in [0.717, 1.165) is 44.5 Å². The number of fused-ring (bicyclic) bond motifs is 1. The minimum atomic E-state index is -0.369. The lowest BCUT2D eigenvalue weighted by Crippen LogP contribution is -2.46. The monoisotopic (exact) mass is 408 g/mol. The Bertz CT molecular complexity index is 1010. The zero-order valence-electron chi connectivity index (χ0n) is 17.4. The lowest BCUT2D eigenvalue weighted by Gasteiger charge is -2.36. The molecule has 0 amide bonds. The van der Waals surface area contributed by atoms with Crippen molar-refractivity contribution in [2.24, 2.45) is 0 Å². The second-order valence-electron chi connectivity index (χ2n) is 7.39. The molecule has 0 saturated carbocycles. The van der Waals surface area contributed by atoms with Crippen LogP contribution in [0.25, 0.3) is 11.0 Å². The number of nitrogens with zero attached hydrogens (tertiary/aromatic N) is 2. The van der Waals surface area contributed by atoms with Gasteiger partial charge in [-0.1, -0.05) is 18.2 Å². The Morgan fingerprint density at radius 1 is 0.933 bits per heavy atom. The van der Waals surface area contributed by atoms with Gasteiger partial charge in [0.1, 0.15) is 5.58 Å². The van der Waals surface area contributed by atoms with Crippen LogP contribution in [0.2, 0.25) is 0 Å². The Balaban J connectivity index is 1.28. The van der Waals surface area contributed by atoms with Crippen molar-refractivity contribution in [2.75, 3.05) is 50.8 Å². The molecule has 2 aromatic carbocycles. The summed E-state index contributed by atoms with van der Waals surface area (Å²) in [6.07, 6.45) is 0.943. The second-order valence-corrected chi connectivity index (χ2v) is 7.39. The molecule has 0 atom stereocenters. The second kappa shape index (κ2) is 9.67. The van der Waals surface area contributed by atoms with E-state index in [9.17, 15) is 4.79 Å². The van der Waals surface area contributed by atoms with Gasteiger partial charge in [0.15, 0.2) is 11.5 Å². The van der Waals surface area contributed by atoms with Crippen LogP contribution in [0.4, 0.5) is 5.69 Å². The molecule has 2 heterocycles. The molecule has 6 heteroatoms. The van der Waals surface area contributed by atoms with Crippen molar-refractivity contribution in [3.63, 3.8) is 0 Å². The first kappa shape index (κ1) is 20.3. The Morgan fingerprint density at radius 3 is 2.47 bits per heavy atom. The van der Waals surface area contributed by atoms with Gasteiger partial charge in [-0.2, -0.15) is 0 Å². The third-order valence-electron chi connectivity index (χ3n) is 5.36. The van der Waals surface area contributed by atoms with Gasteiger partial charge in [-0.3, -0.25) is 4.90 Å². The standard InChI is InChI=1S/C24H28N2O4/c1-2-28-23-18-21-19(9-10-24(27)30-21)17-22(23)29-16-6-11-25-12-14-26(15-13-25)20-7-4-3-5-8-20/h3-5,7-10,17-18H,2,6,11-16H2,1H3. The highest BCUT2D eigenvalue weighted by atomic mass is 16.5. The number of rotatable bonds is 8. The van der Waals surface area contributed by atoms with Gasteiger partial charge in [0, 0.05) is 55.9 Å². The number of hydrogen-bond donors (Lipinski definition) is 0. The Labute approximate surface area is 176 Å². The molecule has 1 aliphatic heterocycles. The molecule has 0 radical (unpaired) electrons. The van der Waals surface area contributed by atoms with Crippen LogP contribution in [0.15, 0.2) is 63.8 Å². The van der Waals surface area contributed by atoms with Crippen molar-refractivity contribution in [3.8, 4) is 11.5 Å². The molecular formula is C24H28N2O4. The zero-order valence-corrected chi connectivity index (χ0v) is 17.4. The van der Waals surface area contributed by atoms with Gasteiger partial charge in [-0.15, -0.1) is 0 Å². The van der Waals surface area contributed by atoms with Gasteiger partial charge in [-0.05, 0) is 37.6 Å². The molecule has 6 nitrogen and oxygen atoms in total. The van der Waals surface area contributed by atoms with Gasteiger partial charge >= 0.3 is 5.63 Å². The first-order valence-electron chi connectivity index (χ1n) is 10.6. The van der Waals surface area contributed by atoms with Gasteiger partial charge in [0.2, 0.25) is 0 Å². The van der Waals surface area contributed by atoms with Crippen LogP contribution in [0, 0.1) is 0 Å². The number of piperazine rings is 1. The summed E-state index contributed by atoms with van der Waals surface area (Å²) in [5.74, 6) is 1.29. The third-order valence-corrected chi connectivity index (χ3v) is 5.36. The highest BCUT2D eigenvalue weighted by molar-refractivity contribution is 5.80. The van der Waals surface area contributed by atoms with E-state index >= 15 is 0 Å². The van der Waals surface area contributed by atoms with Crippen LogP contribution in [0.5, 0.6) is 11.5 Å². The van der Waals surface area contributed by atoms with Crippen LogP contribution in [-0.2, 0) is 0 Å². The summed E-state index contributed by atoms with van der Waals surface area (Å²) >= 11 is 0. The molecule has 0 aliphatic carbocycles. The summed E-state index contributed by atoms with van der Waals surface area (Å²) in [6, 6.07) is 17.4. The maximum atomic E-state index is 11.5. The van der Waals surface area contributed by atoms with E-state index in [1.54, 1.807) is 12.1 Å². The molecule has 0 spiro atoms. The summed E-state index contributed by atoms with van der Waals surface area (Å²) in [4.78, 5) is 16.4. The smallest absolute Gasteiger partial charge is 0.336 e. The van der Waals surface area contributed by atoms with Gasteiger partial charge in [0.05, 0.1) is 13.2 Å². The predicted molar refractivity (Wildman–Crippen MR) is 119 cm³/mol. The number of hydrogen-bond acceptors (Lipinski definition) is 6. The zero-order chi connectivity index (χ0) is 20.8. The van der Waals surface area contributed by atoms with E-state index in [-0.39, 0.29) is 5.63 Å². The number of ether oxygens (including phenoxy) is 2. The van der Waals surface area contributed by atoms with Crippen LogP contribution >= 0.6 is 0 Å². The molecule has 0 bridgehead atoms. The highest BCUT2D eigenvalue weighted by Crippen LogP contribution is 2.32. The molecule has 3 aromatic rings. The minimum Gasteiger partial charge on any atom is -0.490 e. The SMILES string of the molecule is CCOc1cc2oc(=O)ccc2cc1OCCCN1CCN(c2ccccc2)CC1. The molecule has 1 fully saturated rings. The normalized spacial score (nSPS) is 14.8. The number of anilines is 1. The number of benzene rings is 2. The summed E-state index contributed by atoms with van der Waals surface area (Å²) in [7, 11) is 0. The van der Waals surface area contributed by atoms with Crippen molar-refractivity contribution < 1.29 is 13.9 Å². The maximum Gasteiger partial charge on any atom is 0.336 e. The Kier molecular flexibility index (Phi) is 6.54. The molecular weight excluding hydrogens is 380 g/mol. The predicted octanol–water partition coefficient (Wildman–Crippen LogP) is 3.78. The third kappa shape index (κ3) is 4.94. The summed E-state index contributed by atoms with van der Waals surface area (Å²) in [6.45, 7) is 8.29. The van der Waals surface area contributed by atoms with Gasteiger partial charge < -0.3 is 18.8 Å². The summed E-state index contributed by atoms with van der Waals surface area (Å²) < 4.78 is 17.0. The van der Waals surface area contributed by atoms with Crippen molar-refractivity contribution in [1.29, 1.82) is 0 Å². The largest absolute Gasteiger partial charge is 0.490 e. The molecule has 4 rings (SSSR count). The fourth-order valence-corrected chi connectivity index (χ4v) is 3.80. The molecule has 30 heavy (non-hydrogen) atoms. The Hall–Kier alpha value is -2.99. The highest BCUT2D eigenvalue weighted by Gasteiger charge is 2.17. The molecule has 0 N–H and O–H groups in total. The van der Waals surface area contributed by atoms with Crippen LogP contribution < -0.4 is 20.0 Å². The van der Waals surface area contributed by atoms with Crippen LogP contribution in [-0.4, -0.2) is 50.8 Å². The van der Waals surface area contributed by atoms with E-state index in [2.05, 4.69) is 40.1 Å². The maximum absolute atomic E-state index is 11.5. The molecule has 0 unspecified atom stereocenters. The van der Waals surface area contributed by atoms with E-state index < -0.39 is 0 Å². The fraction of sp³-hybridized carbons (Fsp3) is 0.375. The Morgan fingerprint density at radius 2 is 1.70 bits per heavy atom. The minimum absolute atomic E-state index is 0.369. The average molecular weight is 408 g/mol. The summed E-state index contributed by atoms with van der Waals surface area (Å²) in [5, 5.41) is 0.824. The van der Waals surface area contributed by atoms with E-state index in [1.165, 1.54) is 11.8 Å². The molecule has 1 aliphatic rings. The molecule has 158 valence electrons. The van der Waals surface area contributed by atoms with Crippen molar-refractivity contribution in [2.45, 2.75) is 13.3 Å². The van der Waals surface area contributed by atoms with Gasteiger partial charge in [-0.25, -0.2) is 4.79 Å². The molecule has 1 saturated heterocycles. The van der Waals surface area contributed by atoms with E-state index in [0.29, 0.717) is 30.3 Å². The lowest BCUT2D eigenvalue weighted by atomic mass is 10.2. The van der Waals surface area contributed by atoms with E-state index in [4.69, 9.17) is 13.9 Å². The van der Waals surface area contributed by atoms with E-state index in [1.807, 2.05) is 13.0 Å². The summed E-state index contributed by atoms with van der Waals surface area (Å²) in [5.41, 5.74) is 1.44. The van der Waals surface area contributed by atoms with Crippen molar-refractivity contribution >= 4 is 16.7 Å². The lowest BCUT2D eigenvalue weighted by molar-refractivity contribution is 0.219. The topological polar surface area (TPSA) is 55.2 Å².